The number of rotatable bonds is 4. The Morgan fingerprint density at radius 1 is 1.06 bits per heavy atom. The van der Waals surface area contributed by atoms with Gasteiger partial charge in [-0.15, -0.1) is 13.2 Å². The largest absolute Gasteiger partial charge is 0.573 e. The van der Waals surface area contributed by atoms with Crippen LogP contribution in [0.5, 0.6) is 5.75 Å². The first-order valence-corrected chi connectivity index (χ1v) is 11.3. The Morgan fingerprint density at radius 3 is 2.29 bits per heavy atom. The average Bonchev–Trinajstić information content (AvgIpc) is 3.31. The standard InChI is InChI=1S/C20H21F3N2O5S/c21-20(22,23)30-16-5-3-15(4-6-16)25-12-9-19(18(25)26)7-10-24(11-8-19)31(27,28)14-17-2-1-13-29-17/h1,3-6,13-14H,2,7-12H2. The highest BCUT2D eigenvalue weighted by atomic mass is 32.2. The maximum atomic E-state index is 13.1. The van der Waals surface area contributed by atoms with Crippen molar-refractivity contribution < 1.29 is 35.9 Å². The molecular weight excluding hydrogens is 437 g/mol. The highest BCUT2D eigenvalue weighted by Gasteiger charge is 2.49. The molecule has 0 bridgehead atoms. The monoisotopic (exact) mass is 458 g/mol. The van der Waals surface area contributed by atoms with Crippen molar-refractivity contribution in [1.29, 1.82) is 0 Å². The molecule has 2 fully saturated rings. The predicted molar refractivity (Wildman–Crippen MR) is 105 cm³/mol. The topological polar surface area (TPSA) is 76.2 Å². The molecule has 0 unspecified atom stereocenters. The molecule has 3 aliphatic rings. The van der Waals surface area contributed by atoms with Crippen LogP contribution >= 0.6 is 0 Å². The molecule has 1 aromatic rings. The number of anilines is 1. The summed E-state index contributed by atoms with van der Waals surface area (Å²) in [6.07, 6.45) is 0.157. The third kappa shape index (κ3) is 4.57. The summed E-state index contributed by atoms with van der Waals surface area (Å²) in [6, 6.07) is 5.17. The van der Waals surface area contributed by atoms with Gasteiger partial charge >= 0.3 is 6.36 Å². The second-order valence-corrected chi connectivity index (χ2v) is 9.53. The lowest BCUT2D eigenvalue weighted by Crippen LogP contribution is -2.46. The summed E-state index contributed by atoms with van der Waals surface area (Å²) in [7, 11) is -3.64. The number of piperidine rings is 1. The zero-order valence-electron chi connectivity index (χ0n) is 16.5. The number of nitrogens with zero attached hydrogens (tertiary/aromatic N) is 2. The maximum Gasteiger partial charge on any atom is 0.573 e. The molecule has 1 aromatic carbocycles. The van der Waals surface area contributed by atoms with E-state index in [-0.39, 0.29) is 24.7 Å². The van der Waals surface area contributed by atoms with Gasteiger partial charge in [0.1, 0.15) is 11.5 Å². The van der Waals surface area contributed by atoms with Gasteiger partial charge in [0.15, 0.2) is 0 Å². The molecule has 3 aliphatic heterocycles. The molecule has 7 nitrogen and oxygen atoms in total. The van der Waals surface area contributed by atoms with Gasteiger partial charge < -0.3 is 14.4 Å². The summed E-state index contributed by atoms with van der Waals surface area (Å²) in [5.41, 5.74) is -0.173. The Kier molecular flexibility index (Phi) is 5.50. The van der Waals surface area contributed by atoms with Crippen LogP contribution in [0.4, 0.5) is 18.9 Å². The fourth-order valence-electron chi connectivity index (χ4n) is 4.19. The van der Waals surface area contributed by atoms with Gasteiger partial charge in [-0.2, -0.15) is 4.31 Å². The second kappa shape index (κ2) is 7.86. The van der Waals surface area contributed by atoms with E-state index in [9.17, 15) is 26.4 Å². The number of alkyl halides is 3. The Hall–Kier alpha value is -2.53. The molecule has 168 valence electrons. The van der Waals surface area contributed by atoms with E-state index >= 15 is 0 Å². The third-order valence-electron chi connectivity index (χ3n) is 5.85. The highest BCUT2D eigenvalue weighted by Crippen LogP contribution is 2.44. The van der Waals surface area contributed by atoms with Crippen LogP contribution in [0.25, 0.3) is 0 Å². The minimum Gasteiger partial charge on any atom is -0.469 e. The fourth-order valence-corrected chi connectivity index (χ4v) is 5.52. The van der Waals surface area contributed by atoms with Crippen molar-refractivity contribution in [2.24, 2.45) is 5.41 Å². The Labute approximate surface area is 177 Å². The van der Waals surface area contributed by atoms with Crippen LogP contribution in [-0.4, -0.2) is 44.6 Å². The van der Waals surface area contributed by atoms with Gasteiger partial charge in [0.05, 0.1) is 17.1 Å². The third-order valence-corrected chi connectivity index (χ3v) is 7.49. The van der Waals surface area contributed by atoms with E-state index in [1.807, 2.05) is 0 Å². The Balaban J connectivity index is 1.41. The molecule has 2 saturated heterocycles. The molecule has 4 rings (SSSR count). The summed E-state index contributed by atoms with van der Waals surface area (Å²) < 4.78 is 72.5. The number of halogens is 3. The number of hydrogen-bond acceptors (Lipinski definition) is 5. The quantitative estimate of drug-likeness (QED) is 0.690. The first-order chi connectivity index (χ1) is 14.6. The highest BCUT2D eigenvalue weighted by molar-refractivity contribution is 7.92. The molecule has 31 heavy (non-hydrogen) atoms. The Morgan fingerprint density at radius 2 is 1.71 bits per heavy atom. The van der Waals surface area contributed by atoms with E-state index in [2.05, 4.69) is 4.74 Å². The van der Waals surface area contributed by atoms with Crippen LogP contribution in [0.15, 0.2) is 47.8 Å². The van der Waals surface area contributed by atoms with Crippen molar-refractivity contribution in [2.45, 2.75) is 32.0 Å². The molecule has 0 N–H and O–H groups in total. The van der Waals surface area contributed by atoms with Crippen molar-refractivity contribution in [3.05, 3.63) is 47.8 Å². The number of carbonyl (C=O) groups is 1. The molecule has 11 heteroatoms. The number of ether oxygens (including phenoxy) is 2. The molecule has 0 radical (unpaired) electrons. The summed E-state index contributed by atoms with van der Waals surface area (Å²) in [4.78, 5) is 14.7. The van der Waals surface area contributed by atoms with E-state index in [1.165, 1.54) is 34.8 Å². The van der Waals surface area contributed by atoms with Crippen molar-refractivity contribution in [3.8, 4) is 5.75 Å². The van der Waals surface area contributed by atoms with Gasteiger partial charge in [0, 0.05) is 31.7 Å². The zero-order valence-corrected chi connectivity index (χ0v) is 17.3. The molecule has 0 aromatic heterocycles. The fraction of sp³-hybridized carbons (Fsp3) is 0.450. The van der Waals surface area contributed by atoms with Gasteiger partial charge in [-0.05, 0) is 49.6 Å². The van der Waals surface area contributed by atoms with Crippen LogP contribution in [0.1, 0.15) is 25.7 Å². The van der Waals surface area contributed by atoms with Gasteiger partial charge in [-0.25, -0.2) is 8.42 Å². The van der Waals surface area contributed by atoms with Gasteiger partial charge in [-0.1, -0.05) is 0 Å². The first kappa shape index (κ1) is 21.7. The lowest BCUT2D eigenvalue weighted by atomic mass is 9.77. The van der Waals surface area contributed by atoms with Crippen molar-refractivity contribution >= 4 is 21.6 Å². The second-order valence-electron chi connectivity index (χ2n) is 7.75. The van der Waals surface area contributed by atoms with Crippen molar-refractivity contribution in [2.75, 3.05) is 24.5 Å². The Bertz CT molecular complexity index is 1000. The number of hydrogen-bond donors (Lipinski definition) is 0. The van der Waals surface area contributed by atoms with Crippen LogP contribution in [0, 0.1) is 5.41 Å². The van der Waals surface area contributed by atoms with Crippen molar-refractivity contribution in [3.63, 3.8) is 0 Å². The summed E-state index contributed by atoms with van der Waals surface area (Å²) in [5, 5.41) is 1.12. The number of allylic oxidation sites excluding steroid dienone is 1. The van der Waals surface area contributed by atoms with Crippen LogP contribution in [0.2, 0.25) is 0 Å². The molecular formula is C20H21F3N2O5S. The predicted octanol–water partition coefficient (Wildman–Crippen LogP) is 3.51. The summed E-state index contributed by atoms with van der Waals surface area (Å²) in [6.45, 7) is 0.865. The SMILES string of the molecule is O=C1N(c2ccc(OC(F)(F)F)cc2)CCC12CCN(S(=O)(=O)C=C1CC=CO1)CC2. The van der Waals surface area contributed by atoms with E-state index in [1.54, 1.807) is 11.0 Å². The van der Waals surface area contributed by atoms with E-state index in [4.69, 9.17) is 4.74 Å². The maximum absolute atomic E-state index is 13.1. The van der Waals surface area contributed by atoms with E-state index < -0.39 is 21.8 Å². The average molecular weight is 458 g/mol. The normalized spacial score (nSPS) is 23.0. The number of benzene rings is 1. The number of sulfonamides is 1. The van der Waals surface area contributed by atoms with E-state index in [0.717, 1.165) is 5.41 Å². The van der Waals surface area contributed by atoms with Crippen molar-refractivity contribution in [1.82, 2.24) is 4.31 Å². The van der Waals surface area contributed by atoms with Crippen LogP contribution in [0.3, 0.4) is 0 Å². The number of amides is 1. The molecule has 1 amide bonds. The smallest absolute Gasteiger partial charge is 0.469 e. The van der Waals surface area contributed by atoms with Gasteiger partial charge in [0.2, 0.25) is 15.9 Å². The minimum atomic E-state index is -4.78. The van der Waals surface area contributed by atoms with E-state index in [0.29, 0.717) is 43.7 Å². The van der Waals surface area contributed by atoms with Gasteiger partial charge in [0.25, 0.3) is 0 Å². The zero-order chi connectivity index (χ0) is 22.3. The molecule has 1 spiro atoms. The van der Waals surface area contributed by atoms with Crippen LogP contribution in [-0.2, 0) is 19.6 Å². The summed E-state index contributed by atoms with van der Waals surface area (Å²) >= 11 is 0. The number of carbonyl (C=O) groups excluding carboxylic acids is 1. The molecule has 0 aliphatic carbocycles. The molecule has 0 atom stereocenters. The first-order valence-electron chi connectivity index (χ1n) is 9.78. The molecule has 0 saturated carbocycles. The summed E-state index contributed by atoms with van der Waals surface area (Å²) in [5.74, 6) is -0.122. The minimum absolute atomic E-state index is 0.129. The van der Waals surface area contributed by atoms with Gasteiger partial charge in [-0.3, -0.25) is 4.79 Å². The lowest BCUT2D eigenvalue weighted by Gasteiger charge is -2.36. The molecule has 3 heterocycles. The lowest BCUT2D eigenvalue weighted by molar-refractivity contribution is -0.274. The van der Waals surface area contributed by atoms with Crippen LogP contribution < -0.4 is 9.64 Å².